The average Bonchev–Trinajstić information content (AvgIpc) is 2.86. The maximum absolute atomic E-state index is 12.9. The molecule has 8 heteroatoms. The van der Waals surface area contributed by atoms with Crippen LogP contribution in [0.15, 0.2) is 77.7 Å². The number of nitrogens with one attached hydrogen (secondary N) is 2. The van der Waals surface area contributed by atoms with Crippen LogP contribution in [-0.2, 0) is 16.6 Å². The van der Waals surface area contributed by atoms with Crippen LogP contribution in [0.5, 0.6) is 0 Å². The van der Waals surface area contributed by atoms with Crippen molar-refractivity contribution in [3.63, 3.8) is 0 Å². The van der Waals surface area contributed by atoms with E-state index in [9.17, 15) is 13.2 Å². The zero-order valence-electron chi connectivity index (χ0n) is 20.2. The largest absolute Gasteiger partial charge is 0.369 e. The van der Waals surface area contributed by atoms with E-state index < -0.39 is 10.0 Å². The Kier molecular flexibility index (Phi) is 7.85. The number of hydrogen-bond donors (Lipinski definition) is 2. The van der Waals surface area contributed by atoms with E-state index in [0.29, 0.717) is 16.8 Å². The molecule has 3 aromatic carbocycles. The summed E-state index contributed by atoms with van der Waals surface area (Å²) in [6, 6.07) is 22.9. The van der Waals surface area contributed by atoms with Gasteiger partial charge in [0.25, 0.3) is 5.91 Å². The predicted molar refractivity (Wildman–Crippen MR) is 140 cm³/mol. The zero-order chi connectivity index (χ0) is 24.8. The van der Waals surface area contributed by atoms with Crippen LogP contribution in [0.2, 0.25) is 0 Å². The summed E-state index contributed by atoms with van der Waals surface area (Å²) in [5, 5.41) is 2.89. The highest BCUT2D eigenvalue weighted by molar-refractivity contribution is 7.89. The molecule has 0 radical (unpaired) electrons. The summed E-state index contributed by atoms with van der Waals surface area (Å²) in [4.78, 5) is 17.8. The minimum Gasteiger partial charge on any atom is -0.369 e. The minimum atomic E-state index is -3.63. The summed E-state index contributed by atoms with van der Waals surface area (Å²) in [5.74, 6) is -0.335. The molecular formula is C27H32N4O3S. The number of nitrogens with zero attached hydrogens (tertiary/aromatic N) is 2. The molecule has 4 rings (SSSR count). The highest BCUT2D eigenvalue weighted by Crippen LogP contribution is 2.22. The molecule has 1 saturated heterocycles. The van der Waals surface area contributed by atoms with E-state index in [4.69, 9.17) is 0 Å². The summed E-state index contributed by atoms with van der Waals surface area (Å²) in [7, 11) is -3.63. The maximum atomic E-state index is 12.9. The van der Waals surface area contributed by atoms with Gasteiger partial charge in [0.2, 0.25) is 10.0 Å². The van der Waals surface area contributed by atoms with E-state index in [1.807, 2.05) is 30.3 Å². The van der Waals surface area contributed by atoms with Gasteiger partial charge < -0.3 is 10.2 Å². The molecule has 0 saturated carbocycles. The lowest BCUT2D eigenvalue weighted by molar-refractivity contribution is 0.102. The van der Waals surface area contributed by atoms with Crippen LogP contribution in [0.3, 0.4) is 0 Å². The van der Waals surface area contributed by atoms with Gasteiger partial charge in [0.15, 0.2) is 0 Å². The molecule has 1 aliphatic heterocycles. The third kappa shape index (κ3) is 6.28. The number of carbonyl (C=O) groups excluding carboxylic acids is 1. The minimum absolute atomic E-state index is 0.0804. The Morgan fingerprint density at radius 2 is 1.60 bits per heavy atom. The fourth-order valence-corrected chi connectivity index (χ4v) is 5.31. The van der Waals surface area contributed by atoms with Crippen LogP contribution in [0, 0.1) is 6.92 Å². The third-order valence-corrected chi connectivity index (χ3v) is 7.75. The van der Waals surface area contributed by atoms with Gasteiger partial charge in [-0.3, -0.25) is 9.69 Å². The van der Waals surface area contributed by atoms with E-state index in [-0.39, 0.29) is 17.3 Å². The first-order chi connectivity index (χ1) is 16.9. The number of amides is 1. The lowest BCUT2D eigenvalue weighted by Crippen LogP contribution is -2.45. The summed E-state index contributed by atoms with van der Waals surface area (Å²) in [5.41, 5.74) is 4.17. The van der Waals surface area contributed by atoms with Crippen LogP contribution < -0.4 is 14.9 Å². The first kappa shape index (κ1) is 24.9. The number of piperazine rings is 1. The topological polar surface area (TPSA) is 81.7 Å². The monoisotopic (exact) mass is 492 g/mol. The van der Waals surface area contributed by atoms with Crippen molar-refractivity contribution in [1.82, 2.24) is 9.62 Å². The Labute approximate surface area is 207 Å². The van der Waals surface area contributed by atoms with E-state index >= 15 is 0 Å². The molecular weight excluding hydrogens is 460 g/mol. The van der Waals surface area contributed by atoms with Crippen molar-refractivity contribution in [2.24, 2.45) is 0 Å². The van der Waals surface area contributed by atoms with Gasteiger partial charge >= 0.3 is 0 Å². The number of benzene rings is 3. The highest BCUT2D eigenvalue weighted by atomic mass is 32.2. The van der Waals surface area contributed by atoms with Crippen molar-refractivity contribution in [3.8, 4) is 0 Å². The fraction of sp³-hybridized carbons (Fsp3) is 0.296. The Morgan fingerprint density at radius 3 is 2.26 bits per heavy atom. The summed E-state index contributed by atoms with van der Waals surface area (Å²) < 4.78 is 27.1. The Bertz CT molecular complexity index is 1250. The molecule has 0 bridgehead atoms. The van der Waals surface area contributed by atoms with E-state index in [1.165, 1.54) is 17.7 Å². The number of anilines is 2. The molecule has 184 valence electrons. The van der Waals surface area contributed by atoms with Crippen LogP contribution in [-0.4, -0.2) is 51.9 Å². The molecule has 35 heavy (non-hydrogen) atoms. The van der Waals surface area contributed by atoms with Gasteiger partial charge in [-0.1, -0.05) is 43.3 Å². The number of sulfonamides is 1. The summed E-state index contributed by atoms with van der Waals surface area (Å²) in [6.45, 7) is 8.65. The lowest BCUT2D eigenvalue weighted by Gasteiger charge is -2.36. The second-order valence-electron chi connectivity index (χ2n) is 8.73. The third-order valence-electron chi connectivity index (χ3n) is 6.21. The van der Waals surface area contributed by atoms with Crippen molar-refractivity contribution in [2.45, 2.75) is 25.3 Å². The smallest absolute Gasteiger partial charge is 0.255 e. The zero-order valence-corrected chi connectivity index (χ0v) is 21.0. The molecule has 7 nitrogen and oxygen atoms in total. The summed E-state index contributed by atoms with van der Waals surface area (Å²) in [6.07, 6.45) is 0. The maximum Gasteiger partial charge on any atom is 0.255 e. The van der Waals surface area contributed by atoms with Crippen molar-refractivity contribution < 1.29 is 13.2 Å². The summed E-state index contributed by atoms with van der Waals surface area (Å²) >= 11 is 0. The van der Waals surface area contributed by atoms with Crippen molar-refractivity contribution in [1.29, 1.82) is 0 Å². The van der Waals surface area contributed by atoms with E-state index in [1.54, 1.807) is 19.9 Å². The highest BCUT2D eigenvalue weighted by Gasteiger charge is 2.19. The normalized spacial score (nSPS) is 14.6. The molecule has 2 N–H and O–H groups in total. The Morgan fingerprint density at radius 1 is 0.914 bits per heavy atom. The van der Waals surface area contributed by atoms with Gasteiger partial charge in [0, 0.05) is 56.2 Å². The first-order valence-electron chi connectivity index (χ1n) is 11.9. The first-order valence-corrected chi connectivity index (χ1v) is 13.4. The molecule has 0 unspecified atom stereocenters. The van der Waals surface area contributed by atoms with Gasteiger partial charge in [-0.15, -0.1) is 0 Å². The number of rotatable bonds is 8. The van der Waals surface area contributed by atoms with E-state index in [0.717, 1.165) is 38.4 Å². The standard InChI is InChI=1S/C27H32N4O3S/c1-3-28-35(33,34)25-14-9-21(2)26(19-25)27(32)29-23-10-12-24(13-11-23)31-17-15-30(16-18-31)20-22-7-5-4-6-8-22/h4-14,19,28H,3,15-18,20H2,1-2H3,(H,29,32). The number of carbonyl (C=O) groups is 1. The van der Waals surface area contributed by atoms with Gasteiger partial charge in [-0.2, -0.15) is 0 Å². The molecule has 0 spiro atoms. The Hall–Kier alpha value is -3.20. The lowest BCUT2D eigenvalue weighted by atomic mass is 10.1. The molecule has 1 heterocycles. The molecule has 0 aromatic heterocycles. The molecule has 0 aliphatic carbocycles. The molecule has 0 atom stereocenters. The van der Waals surface area contributed by atoms with Crippen molar-refractivity contribution >= 4 is 27.3 Å². The van der Waals surface area contributed by atoms with Crippen molar-refractivity contribution in [3.05, 3.63) is 89.5 Å². The van der Waals surface area contributed by atoms with Gasteiger partial charge in [-0.05, 0) is 54.4 Å². The number of aryl methyl sites for hydroxylation is 1. The SMILES string of the molecule is CCNS(=O)(=O)c1ccc(C)c(C(=O)Nc2ccc(N3CCN(Cc4ccccc4)CC3)cc2)c1. The van der Waals surface area contributed by atoms with Crippen LogP contribution in [0.1, 0.15) is 28.4 Å². The van der Waals surface area contributed by atoms with E-state index in [2.05, 4.69) is 44.1 Å². The second-order valence-corrected chi connectivity index (χ2v) is 10.5. The fourth-order valence-electron chi connectivity index (χ4n) is 4.25. The average molecular weight is 493 g/mol. The Balaban J connectivity index is 1.36. The number of hydrogen-bond acceptors (Lipinski definition) is 5. The molecule has 1 fully saturated rings. The molecule has 1 amide bonds. The van der Waals surface area contributed by atoms with Crippen molar-refractivity contribution in [2.75, 3.05) is 42.9 Å². The quantitative estimate of drug-likeness (QED) is 0.499. The van der Waals surface area contributed by atoms with Gasteiger partial charge in [0.05, 0.1) is 4.90 Å². The van der Waals surface area contributed by atoms with Crippen LogP contribution in [0.25, 0.3) is 0 Å². The van der Waals surface area contributed by atoms with Gasteiger partial charge in [-0.25, -0.2) is 13.1 Å². The van der Waals surface area contributed by atoms with Crippen LogP contribution in [0.4, 0.5) is 11.4 Å². The van der Waals surface area contributed by atoms with Crippen LogP contribution >= 0.6 is 0 Å². The molecule has 1 aliphatic rings. The van der Waals surface area contributed by atoms with Gasteiger partial charge in [0.1, 0.15) is 0 Å². The second kappa shape index (κ2) is 11.0. The predicted octanol–water partition coefficient (Wildman–Crippen LogP) is 3.87. The molecule has 3 aromatic rings.